The Morgan fingerprint density at radius 1 is 1.42 bits per heavy atom. The summed E-state index contributed by atoms with van der Waals surface area (Å²) in [6.07, 6.45) is 2.05. The summed E-state index contributed by atoms with van der Waals surface area (Å²) in [4.78, 5) is 1.95. The van der Waals surface area contributed by atoms with Gasteiger partial charge in [-0.15, -0.1) is 0 Å². The molecule has 3 nitrogen and oxygen atoms in total. The van der Waals surface area contributed by atoms with E-state index in [0.29, 0.717) is 18.8 Å². The standard InChI is InChI=1S/C14H23FN2OS/c1-17(7-9-19-3)14-5-4-12(10-13(14)15)11-16-6-8-18-2/h4-5,10,16H,6-9,11H2,1-3H3. The Bertz CT molecular complexity index is 376. The predicted molar refractivity (Wildman–Crippen MR) is 81.6 cm³/mol. The highest BCUT2D eigenvalue weighted by Crippen LogP contribution is 2.19. The summed E-state index contributed by atoms with van der Waals surface area (Å²) in [5, 5.41) is 3.20. The maximum absolute atomic E-state index is 14.0. The summed E-state index contributed by atoms with van der Waals surface area (Å²) in [5.74, 6) is 0.839. The fourth-order valence-electron chi connectivity index (χ4n) is 1.73. The molecule has 0 aromatic heterocycles. The van der Waals surface area contributed by atoms with E-state index in [1.54, 1.807) is 24.9 Å². The van der Waals surface area contributed by atoms with E-state index in [-0.39, 0.29) is 5.82 Å². The number of rotatable bonds is 9. The van der Waals surface area contributed by atoms with E-state index in [9.17, 15) is 4.39 Å². The van der Waals surface area contributed by atoms with Crippen molar-refractivity contribution in [2.45, 2.75) is 6.54 Å². The molecule has 0 saturated heterocycles. The lowest BCUT2D eigenvalue weighted by atomic mass is 10.2. The molecule has 0 atom stereocenters. The van der Waals surface area contributed by atoms with Gasteiger partial charge in [0.1, 0.15) is 5.82 Å². The lowest BCUT2D eigenvalue weighted by molar-refractivity contribution is 0.199. The van der Waals surface area contributed by atoms with Crippen molar-refractivity contribution < 1.29 is 9.13 Å². The normalized spacial score (nSPS) is 10.7. The molecule has 1 rings (SSSR count). The number of halogens is 1. The quantitative estimate of drug-likeness (QED) is 0.704. The van der Waals surface area contributed by atoms with Crippen molar-refractivity contribution in [2.75, 3.05) is 50.8 Å². The van der Waals surface area contributed by atoms with Gasteiger partial charge in [0.25, 0.3) is 0 Å². The minimum absolute atomic E-state index is 0.158. The maximum atomic E-state index is 14.0. The van der Waals surface area contributed by atoms with Crippen molar-refractivity contribution in [2.24, 2.45) is 0 Å². The van der Waals surface area contributed by atoms with E-state index in [4.69, 9.17) is 4.74 Å². The number of benzene rings is 1. The summed E-state index contributed by atoms with van der Waals surface area (Å²) < 4.78 is 18.9. The fourth-order valence-corrected chi connectivity index (χ4v) is 2.18. The zero-order valence-corrected chi connectivity index (χ0v) is 12.7. The molecule has 0 unspecified atom stereocenters. The van der Waals surface area contributed by atoms with Crippen LogP contribution in [0.3, 0.4) is 0 Å². The molecule has 0 aliphatic heterocycles. The van der Waals surface area contributed by atoms with Gasteiger partial charge in [0, 0.05) is 39.5 Å². The Kier molecular flexibility index (Phi) is 7.86. The predicted octanol–water partition coefficient (Wildman–Crippen LogP) is 2.36. The Balaban J connectivity index is 2.53. The Labute approximate surface area is 119 Å². The summed E-state index contributed by atoms with van der Waals surface area (Å²) in [7, 11) is 3.59. The van der Waals surface area contributed by atoms with Crippen molar-refractivity contribution in [3.05, 3.63) is 29.6 Å². The molecular weight excluding hydrogens is 263 g/mol. The van der Waals surface area contributed by atoms with E-state index < -0.39 is 0 Å². The minimum Gasteiger partial charge on any atom is -0.383 e. The molecule has 19 heavy (non-hydrogen) atoms. The Morgan fingerprint density at radius 3 is 2.84 bits per heavy atom. The van der Waals surface area contributed by atoms with Crippen LogP contribution >= 0.6 is 11.8 Å². The van der Waals surface area contributed by atoms with E-state index >= 15 is 0 Å². The largest absolute Gasteiger partial charge is 0.383 e. The molecule has 1 aromatic carbocycles. The van der Waals surface area contributed by atoms with Crippen molar-refractivity contribution in [3.63, 3.8) is 0 Å². The Hall–Kier alpha value is -0.780. The number of methoxy groups -OCH3 is 1. The second-order valence-corrected chi connectivity index (χ2v) is 5.36. The average molecular weight is 286 g/mol. The third-order valence-electron chi connectivity index (χ3n) is 2.87. The van der Waals surface area contributed by atoms with Gasteiger partial charge in [-0.3, -0.25) is 0 Å². The summed E-state index contributed by atoms with van der Waals surface area (Å²) in [5.41, 5.74) is 1.62. The van der Waals surface area contributed by atoms with Crippen LogP contribution in [0.5, 0.6) is 0 Å². The van der Waals surface area contributed by atoms with Crippen LogP contribution in [0.2, 0.25) is 0 Å². The molecule has 0 fully saturated rings. The molecule has 1 N–H and O–H groups in total. The van der Waals surface area contributed by atoms with Crippen molar-refractivity contribution in [3.8, 4) is 0 Å². The van der Waals surface area contributed by atoms with Crippen LogP contribution < -0.4 is 10.2 Å². The van der Waals surface area contributed by atoms with Gasteiger partial charge in [0.05, 0.1) is 12.3 Å². The van der Waals surface area contributed by atoms with Gasteiger partial charge in [-0.2, -0.15) is 11.8 Å². The molecule has 1 aromatic rings. The first-order valence-electron chi connectivity index (χ1n) is 6.37. The summed E-state index contributed by atoms with van der Waals surface area (Å²) >= 11 is 1.76. The monoisotopic (exact) mass is 286 g/mol. The van der Waals surface area contributed by atoms with Gasteiger partial charge in [0.15, 0.2) is 0 Å². The van der Waals surface area contributed by atoms with E-state index in [2.05, 4.69) is 11.6 Å². The number of hydrogen-bond acceptors (Lipinski definition) is 4. The van der Waals surface area contributed by atoms with E-state index in [1.807, 2.05) is 24.1 Å². The third-order valence-corrected chi connectivity index (χ3v) is 3.46. The van der Waals surface area contributed by atoms with Gasteiger partial charge in [-0.1, -0.05) is 6.07 Å². The number of nitrogens with one attached hydrogen (secondary N) is 1. The molecule has 0 aliphatic rings. The molecule has 0 bridgehead atoms. The molecule has 0 radical (unpaired) electrons. The van der Waals surface area contributed by atoms with Crippen LogP contribution in [0.4, 0.5) is 10.1 Å². The number of nitrogens with zero attached hydrogens (tertiary/aromatic N) is 1. The fraction of sp³-hybridized carbons (Fsp3) is 0.571. The summed E-state index contributed by atoms with van der Waals surface area (Å²) in [6, 6.07) is 5.42. The van der Waals surface area contributed by atoms with Gasteiger partial charge in [-0.25, -0.2) is 4.39 Å². The molecule has 0 saturated carbocycles. The van der Waals surface area contributed by atoms with Crippen LogP contribution in [0.1, 0.15) is 5.56 Å². The second kappa shape index (κ2) is 9.18. The number of thioether (sulfide) groups is 1. The van der Waals surface area contributed by atoms with Gasteiger partial charge in [-0.05, 0) is 24.0 Å². The van der Waals surface area contributed by atoms with E-state index in [1.165, 1.54) is 0 Å². The lowest BCUT2D eigenvalue weighted by Gasteiger charge is -2.20. The smallest absolute Gasteiger partial charge is 0.146 e. The molecule has 0 aliphatic carbocycles. The molecule has 0 amide bonds. The van der Waals surface area contributed by atoms with Gasteiger partial charge in [0.2, 0.25) is 0 Å². The van der Waals surface area contributed by atoms with Crippen LogP contribution in [0, 0.1) is 5.82 Å². The summed E-state index contributed by atoms with van der Waals surface area (Å²) in [6.45, 7) is 2.95. The van der Waals surface area contributed by atoms with Gasteiger partial charge < -0.3 is 15.0 Å². The van der Waals surface area contributed by atoms with Crippen LogP contribution in [-0.4, -0.2) is 45.9 Å². The zero-order chi connectivity index (χ0) is 14.1. The van der Waals surface area contributed by atoms with Crippen molar-refractivity contribution >= 4 is 17.4 Å². The molecular formula is C14H23FN2OS. The van der Waals surface area contributed by atoms with Crippen LogP contribution in [-0.2, 0) is 11.3 Å². The first-order valence-corrected chi connectivity index (χ1v) is 7.76. The molecule has 0 heterocycles. The second-order valence-electron chi connectivity index (χ2n) is 4.37. The highest BCUT2D eigenvalue weighted by Gasteiger charge is 2.07. The minimum atomic E-state index is -0.158. The maximum Gasteiger partial charge on any atom is 0.146 e. The van der Waals surface area contributed by atoms with Crippen LogP contribution in [0.15, 0.2) is 18.2 Å². The van der Waals surface area contributed by atoms with Crippen LogP contribution in [0.25, 0.3) is 0 Å². The first kappa shape index (κ1) is 16.3. The van der Waals surface area contributed by atoms with Crippen molar-refractivity contribution in [1.29, 1.82) is 0 Å². The molecule has 0 spiro atoms. The Morgan fingerprint density at radius 2 is 2.21 bits per heavy atom. The molecule has 108 valence electrons. The van der Waals surface area contributed by atoms with Gasteiger partial charge >= 0.3 is 0 Å². The number of hydrogen-bond donors (Lipinski definition) is 1. The third kappa shape index (κ3) is 5.80. The topological polar surface area (TPSA) is 24.5 Å². The SMILES string of the molecule is COCCNCc1ccc(N(C)CCSC)c(F)c1. The zero-order valence-electron chi connectivity index (χ0n) is 11.9. The van der Waals surface area contributed by atoms with E-state index in [0.717, 1.165) is 24.4 Å². The highest BCUT2D eigenvalue weighted by molar-refractivity contribution is 7.98. The average Bonchev–Trinajstić information content (AvgIpc) is 2.41. The highest BCUT2D eigenvalue weighted by atomic mass is 32.2. The number of anilines is 1. The van der Waals surface area contributed by atoms with Crippen molar-refractivity contribution in [1.82, 2.24) is 5.32 Å². The first-order chi connectivity index (χ1) is 9.19. The number of ether oxygens (including phenoxy) is 1. The lowest BCUT2D eigenvalue weighted by Crippen LogP contribution is -2.22. The molecule has 5 heteroatoms.